The number of benzene rings is 4. The maximum absolute atomic E-state index is 14.4. The number of carbonyl (C=O) groups is 2. The van der Waals surface area contributed by atoms with Gasteiger partial charge in [0.25, 0.3) is 10.0 Å². The Bertz CT molecular complexity index is 1650. The lowest BCUT2D eigenvalue weighted by Crippen LogP contribution is -2.53. The van der Waals surface area contributed by atoms with Gasteiger partial charge in [-0.25, -0.2) is 8.42 Å². The zero-order valence-electron chi connectivity index (χ0n) is 24.5. The first-order valence-electron chi connectivity index (χ1n) is 14.1. The van der Waals surface area contributed by atoms with Crippen LogP contribution in [0.1, 0.15) is 29.2 Å². The molecule has 4 aromatic carbocycles. The minimum Gasteiger partial charge on any atom is -0.355 e. The normalized spacial score (nSPS) is 11.9. The number of nitrogens with one attached hydrogen (secondary N) is 1. The lowest BCUT2D eigenvalue weighted by molar-refractivity contribution is -0.140. The van der Waals surface area contributed by atoms with Crippen molar-refractivity contribution in [1.29, 1.82) is 0 Å². The van der Waals surface area contributed by atoms with Gasteiger partial charge in [-0.15, -0.1) is 0 Å². The van der Waals surface area contributed by atoms with Gasteiger partial charge in [-0.05, 0) is 73.4 Å². The summed E-state index contributed by atoms with van der Waals surface area (Å²) >= 11 is 3.45. The first-order valence-corrected chi connectivity index (χ1v) is 16.3. The van der Waals surface area contributed by atoms with Crippen molar-refractivity contribution in [3.8, 4) is 0 Å². The molecule has 0 fully saturated rings. The largest absolute Gasteiger partial charge is 0.355 e. The molecule has 0 aromatic heterocycles. The maximum atomic E-state index is 14.4. The molecule has 43 heavy (non-hydrogen) atoms. The average molecular weight is 663 g/mol. The summed E-state index contributed by atoms with van der Waals surface area (Å²) in [5.74, 6) is -0.795. The Morgan fingerprint density at radius 1 is 0.814 bits per heavy atom. The van der Waals surface area contributed by atoms with E-state index in [0.717, 1.165) is 26.7 Å². The molecule has 0 heterocycles. The number of hydrogen-bond donors (Lipinski definition) is 1. The Hall–Kier alpha value is -3.95. The SMILES string of the molecule is CCNC(=O)[C@H](Cc1ccccc1)N(Cc1ccc(Br)cc1)C(=O)CN(c1cccc(C)c1C)S(=O)(=O)c1ccccc1. The van der Waals surface area contributed by atoms with E-state index in [0.29, 0.717) is 12.2 Å². The van der Waals surface area contributed by atoms with Crippen molar-refractivity contribution in [1.82, 2.24) is 10.2 Å². The van der Waals surface area contributed by atoms with Crippen LogP contribution in [0.5, 0.6) is 0 Å². The highest BCUT2D eigenvalue weighted by molar-refractivity contribution is 9.10. The molecule has 0 radical (unpaired) electrons. The summed E-state index contributed by atoms with van der Waals surface area (Å²) in [5.41, 5.74) is 3.75. The number of aryl methyl sites for hydroxylation is 1. The van der Waals surface area contributed by atoms with Crippen molar-refractivity contribution >= 4 is 43.5 Å². The molecule has 0 aliphatic heterocycles. The molecule has 2 amide bonds. The summed E-state index contributed by atoms with van der Waals surface area (Å²) in [6.45, 7) is 5.60. The zero-order valence-corrected chi connectivity index (χ0v) is 26.9. The molecule has 0 spiro atoms. The minimum absolute atomic E-state index is 0.0766. The van der Waals surface area contributed by atoms with Crippen LogP contribution in [0.15, 0.2) is 112 Å². The van der Waals surface area contributed by atoms with E-state index in [9.17, 15) is 18.0 Å². The monoisotopic (exact) mass is 661 g/mol. The van der Waals surface area contributed by atoms with E-state index in [4.69, 9.17) is 0 Å². The fourth-order valence-corrected chi connectivity index (χ4v) is 6.63. The number of rotatable bonds is 12. The number of carbonyl (C=O) groups excluding carboxylic acids is 2. The first kappa shape index (κ1) is 32.0. The number of nitrogens with zero attached hydrogens (tertiary/aromatic N) is 2. The van der Waals surface area contributed by atoms with E-state index in [1.54, 1.807) is 30.3 Å². The van der Waals surface area contributed by atoms with Crippen molar-refractivity contribution in [2.24, 2.45) is 0 Å². The summed E-state index contributed by atoms with van der Waals surface area (Å²) in [6, 6.07) is 29.6. The average Bonchev–Trinajstić information content (AvgIpc) is 3.01. The Kier molecular flexibility index (Phi) is 10.8. The topological polar surface area (TPSA) is 86.8 Å². The fraction of sp³-hybridized carbons (Fsp3) is 0.235. The van der Waals surface area contributed by atoms with Crippen LogP contribution < -0.4 is 9.62 Å². The number of hydrogen-bond acceptors (Lipinski definition) is 4. The van der Waals surface area contributed by atoms with Gasteiger partial charge in [-0.1, -0.05) is 88.7 Å². The highest BCUT2D eigenvalue weighted by Crippen LogP contribution is 2.29. The highest BCUT2D eigenvalue weighted by atomic mass is 79.9. The van der Waals surface area contributed by atoms with Crippen LogP contribution in [0.3, 0.4) is 0 Å². The molecule has 0 aliphatic rings. The van der Waals surface area contributed by atoms with E-state index >= 15 is 0 Å². The van der Waals surface area contributed by atoms with Crippen LogP contribution in [0, 0.1) is 13.8 Å². The molecule has 0 saturated carbocycles. The number of halogens is 1. The Morgan fingerprint density at radius 3 is 2.07 bits per heavy atom. The molecule has 0 bridgehead atoms. The number of anilines is 1. The van der Waals surface area contributed by atoms with Crippen LogP contribution in [0.4, 0.5) is 5.69 Å². The second-order valence-electron chi connectivity index (χ2n) is 10.3. The van der Waals surface area contributed by atoms with Crippen LogP contribution >= 0.6 is 15.9 Å². The molecule has 1 N–H and O–H groups in total. The zero-order chi connectivity index (χ0) is 31.0. The minimum atomic E-state index is -4.14. The van der Waals surface area contributed by atoms with Crippen LogP contribution in [-0.4, -0.2) is 44.3 Å². The van der Waals surface area contributed by atoms with Crippen LogP contribution in [-0.2, 0) is 32.6 Å². The molecule has 4 rings (SSSR count). The molecule has 0 saturated heterocycles. The maximum Gasteiger partial charge on any atom is 0.264 e. The van der Waals surface area contributed by atoms with Crippen LogP contribution in [0.2, 0.25) is 0 Å². The Balaban J connectivity index is 1.81. The molecule has 224 valence electrons. The van der Waals surface area contributed by atoms with Crippen LogP contribution in [0.25, 0.3) is 0 Å². The second-order valence-corrected chi connectivity index (χ2v) is 13.1. The third kappa shape index (κ3) is 7.91. The van der Waals surface area contributed by atoms with Gasteiger partial charge >= 0.3 is 0 Å². The molecule has 1 atom stereocenters. The number of likely N-dealkylation sites (N-methyl/N-ethyl adjacent to an activating group) is 1. The van der Waals surface area contributed by atoms with E-state index in [2.05, 4.69) is 21.2 Å². The predicted octanol–water partition coefficient (Wildman–Crippen LogP) is 6.04. The van der Waals surface area contributed by atoms with Gasteiger partial charge in [0, 0.05) is 24.0 Å². The quantitative estimate of drug-likeness (QED) is 0.201. The van der Waals surface area contributed by atoms with Crippen molar-refractivity contribution in [3.63, 3.8) is 0 Å². The Labute approximate surface area is 262 Å². The van der Waals surface area contributed by atoms with Gasteiger partial charge in [0.2, 0.25) is 11.8 Å². The summed E-state index contributed by atoms with van der Waals surface area (Å²) in [5, 5.41) is 2.88. The van der Waals surface area contributed by atoms with Crippen molar-refractivity contribution < 1.29 is 18.0 Å². The van der Waals surface area contributed by atoms with Crippen molar-refractivity contribution in [3.05, 3.63) is 130 Å². The van der Waals surface area contributed by atoms with E-state index in [1.807, 2.05) is 81.4 Å². The van der Waals surface area contributed by atoms with Gasteiger partial charge in [0.15, 0.2) is 0 Å². The van der Waals surface area contributed by atoms with Gasteiger partial charge < -0.3 is 10.2 Å². The summed E-state index contributed by atoms with van der Waals surface area (Å²) < 4.78 is 30.3. The molecule has 0 unspecified atom stereocenters. The van der Waals surface area contributed by atoms with Gasteiger partial charge in [-0.2, -0.15) is 0 Å². The van der Waals surface area contributed by atoms with Crippen molar-refractivity contribution in [2.45, 2.75) is 44.7 Å². The smallest absolute Gasteiger partial charge is 0.264 e. The molecule has 7 nitrogen and oxygen atoms in total. The first-order chi connectivity index (χ1) is 20.6. The van der Waals surface area contributed by atoms with Crippen molar-refractivity contribution in [2.75, 3.05) is 17.4 Å². The van der Waals surface area contributed by atoms with E-state index in [1.165, 1.54) is 21.3 Å². The molecule has 9 heteroatoms. The highest BCUT2D eigenvalue weighted by Gasteiger charge is 2.35. The van der Waals surface area contributed by atoms with E-state index < -0.39 is 28.5 Å². The summed E-state index contributed by atoms with van der Waals surface area (Å²) in [4.78, 5) is 29.6. The molecule has 0 aliphatic carbocycles. The van der Waals surface area contributed by atoms with E-state index in [-0.39, 0.29) is 23.8 Å². The standard InChI is InChI=1S/C34H36BrN3O4S/c1-4-36-34(40)32(22-27-13-7-5-8-14-27)37(23-28-18-20-29(35)21-19-28)33(39)24-38(31-17-11-12-25(2)26(31)3)43(41,42)30-15-9-6-10-16-30/h5-21,32H,4,22-24H2,1-3H3,(H,36,40)/t32-/m0/s1. The fourth-order valence-electron chi connectivity index (χ4n) is 4.87. The molecular formula is C34H36BrN3O4S. The third-order valence-corrected chi connectivity index (χ3v) is 9.65. The van der Waals surface area contributed by atoms with Gasteiger partial charge in [-0.3, -0.25) is 13.9 Å². The lowest BCUT2D eigenvalue weighted by Gasteiger charge is -2.34. The second kappa shape index (κ2) is 14.5. The molecular weight excluding hydrogens is 626 g/mol. The molecule has 4 aromatic rings. The Morgan fingerprint density at radius 2 is 1.44 bits per heavy atom. The predicted molar refractivity (Wildman–Crippen MR) is 174 cm³/mol. The lowest BCUT2D eigenvalue weighted by atomic mass is 10.0. The number of amides is 2. The van der Waals surface area contributed by atoms with Gasteiger partial charge in [0.05, 0.1) is 10.6 Å². The summed E-state index contributed by atoms with van der Waals surface area (Å²) in [7, 11) is -4.14. The third-order valence-electron chi connectivity index (χ3n) is 7.34. The number of sulfonamides is 1. The van der Waals surface area contributed by atoms with Gasteiger partial charge in [0.1, 0.15) is 12.6 Å². The summed E-state index contributed by atoms with van der Waals surface area (Å²) in [6.07, 6.45) is 0.268.